The Morgan fingerprint density at radius 2 is 1.11 bits per heavy atom. The monoisotopic (exact) mass is 565 g/mol. The molecule has 0 fully saturated rings. The first-order valence-corrected chi connectivity index (χ1v) is 15.0. The molecular formula is C40H27N3O. The minimum absolute atomic E-state index is 0.204. The molecule has 4 heteroatoms. The molecule has 4 nitrogen and oxygen atoms in total. The molecule has 0 amide bonds. The van der Waals surface area contributed by atoms with E-state index < -0.39 is 0 Å². The van der Waals surface area contributed by atoms with Gasteiger partial charge in [0.1, 0.15) is 11.2 Å². The number of rotatable bonds is 3. The highest BCUT2D eigenvalue weighted by Crippen LogP contribution is 2.51. The Morgan fingerprint density at radius 1 is 0.500 bits per heavy atom. The minimum atomic E-state index is -0.204. The molecule has 6 aromatic carbocycles. The molecule has 0 aliphatic heterocycles. The quantitative estimate of drug-likeness (QED) is 0.214. The van der Waals surface area contributed by atoms with E-state index in [2.05, 4.69) is 111 Å². The van der Waals surface area contributed by atoms with Crippen molar-refractivity contribution in [3.8, 4) is 45.3 Å². The normalized spacial score (nSPS) is 13.4. The first-order chi connectivity index (χ1) is 21.6. The number of nitrogens with zero attached hydrogens (tertiary/aromatic N) is 3. The molecule has 0 atom stereocenters. The van der Waals surface area contributed by atoms with Crippen molar-refractivity contribution in [1.82, 2.24) is 15.0 Å². The van der Waals surface area contributed by atoms with E-state index in [0.29, 0.717) is 17.5 Å². The Hall–Kier alpha value is -5.61. The first kappa shape index (κ1) is 24.9. The zero-order chi connectivity index (χ0) is 29.4. The van der Waals surface area contributed by atoms with Gasteiger partial charge in [0.2, 0.25) is 0 Å². The van der Waals surface area contributed by atoms with E-state index in [1.54, 1.807) is 0 Å². The molecule has 2 aromatic heterocycles. The van der Waals surface area contributed by atoms with E-state index in [9.17, 15) is 0 Å². The van der Waals surface area contributed by atoms with Gasteiger partial charge in [0.15, 0.2) is 17.5 Å². The predicted molar refractivity (Wildman–Crippen MR) is 178 cm³/mol. The van der Waals surface area contributed by atoms with Crippen molar-refractivity contribution in [3.05, 3.63) is 139 Å². The predicted octanol–water partition coefficient (Wildman–Crippen LogP) is 10.2. The highest BCUT2D eigenvalue weighted by atomic mass is 16.3. The number of aromatic nitrogens is 3. The number of hydrogen-bond donors (Lipinski definition) is 0. The zero-order valence-electron chi connectivity index (χ0n) is 24.4. The molecule has 208 valence electrons. The smallest absolute Gasteiger partial charge is 0.164 e. The molecule has 44 heavy (non-hydrogen) atoms. The number of hydrogen-bond acceptors (Lipinski definition) is 4. The van der Waals surface area contributed by atoms with Crippen molar-refractivity contribution >= 4 is 32.7 Å². The van der Waals surface area contributed by atoms with Crippen LogP contribution in [0.1, 0.15) is 25.0 Å². The zero-order valence-corrected chi connectivity index (χ0v) is 24.4. The van der Waals surface area contributed by atoms with E-state index in [0.717, 1.165) is 44.0 Å². The summed E-state index contributed by atoms with van der Waals surface area (Å²) in [6, 6.07) is 44.2. The Kier molecular flexibility index (Phi) is 5.21. The van der Waals surface area contributed by atoms with E-state index in [4.69, 9.17) is 19.4 Å². The second-order valence-electron chi connectivity index (χ2n) is 12.0. The van der Waals surface area contributed by atoms with Crippen LogP contribution in [0, 0.1) is 0 Å². The minimum Gasteiger partial charge on any atom is -0.456 e. The lowest BCUT2D eigenvalue weighted by molar-refractivity contribution is 0.661. The van der Waals surface area contributed by atoms with Crippen LogP contribution in [0.2, 0.25) is 0 Å². The van der Waals surface area contributed by atoms with Gasteiger partial charge >= 0.3 is 0 Å². The van der Waals surface area contributed by atoms with E-state index >= 15 is 0 Å². The molecule has 8 aromatic rings. The second kappa shape index (κ2) is 9.19. The van der Waals surface area contributed by atoms with Crippen LogP contribution < -0.4 is 0 Å². The van der Waals surface area contributed by atoms with Crippen LogP contribution >= 0.6 is 0 Å². The fourth-order valence-corrected chi connectivity index (χ4v) is 7.07. The van der Waals surface area contributed by atoms with Crippen LogP contribution in [0.25, 0.3) is 78.0 Å². The molecule has 1 aliphatic carbocycles. The van der Waals surface area contributed by atoms with Crippen molar-refractivity contribution in [2.24, 2.45) is 0 Å². The van der Waals surface area contributed by atoms with Crippen molar-refractivity contribution in [1.29, 1.82) is 0 Å². The van der Waals surface area contributed by atoms with Gasteiger partial charge in [-0.25, -0.2) is 15.0 Å². The van der Waals surface area contributed by atoms with Crippen LogP contribution in [0.15, 0.2) is 132 Å². The summed E-state index contributed by atoms with van der Waals surface area (Å²) in [6.45, 7) is 4.59. The van der Waals surface area contributed by atoms with Gasteiger partial charge < -0.3 is 4.42 Å². The topological polar surface area (TPSA) is 51.8 Å². The van der Waals surface area contributed by atoms with Gasteiger partial charge in [-0.1, -0.05) is 123 Å². The summed E-state index contributed by atoms with van der Waals surface area (Å²) in [7, 11) is 0. The molecule has 0 saturated carbocycles. The summed E-state index contributed by atoms with van der Waals surface area (Å²) >= 11 is 0. The van der Waals surface area contributed by atoms with Crippen molar-refractivity contribution in [3.63, 3.8) is 0 Å². The van der Waals surface area contributed by atoms with Gasteiger partial charge in [0.25, 0.3) is 0 Å². The summed E-state index contributed by atoms with van der Waals surface area (Å²) in [5.41, 5.74) is 9.43. The fourth-order valence-electron chi connectivity index (χ4n) is 7.07. The van der Waals surface area contributed by atoms with Gasteiger partial charge in [-0.05, 0) is 51.2 Å². The summed E-state index contributed by atoms with van der Waals surface area (Å²) < 4.78 is 6.40. The number of benzene rings is 6. The standard InChI is InChI=1S/C40H27N3O/c1-40(2)32-20-9-8-16-27(32)28-17-10-19-30(36(28)40)39-42-37(24-12-4-3-5-13-24)41-38(43-39)29-18-11-21-33-35(29)31-22-25-14-6-7-15-26(25)23-34(31)44-33/h3-23H,1-2H3. The van der Waals surface area contributed by atoms with E-state index in [1.807, 2.05) is 30.3 Å². The molecule has 9 rings (SSSR count). The average Bonchev–Trinajstić information content (AvgIpc) is 3.55. The van der Waals surface area contributed by atoms with E-state index in [-0.39, 0.29) is 5.41 Å². The first-order valence-electron chi connectivity index (χ1n) is 15.0. The van der Waals surface area contributed by atoms with Gasteiger partial charge in [-0.2, -0.15) is 0 Å². The third kappa shape index (κ3) is 3.61. The van der Waals surface area contributed by atoms with Gasteiger partial charge in [0.05, 0.1) is 0 Å². The SMILES string of the molecule is CC1(C)c2ccccc2-c2cccc(-c3nc(-c4ccccc4)nc(-c4cccc5oc6cc7ccccc7cc6c45)n3)c21. The second-order valence-corrected chi connectivity index (χ2v) is 12.0. The molecule has 0 unspecified atom stereocenters. The maximum Gasteiger partial charge on any atom is 0.164 e. The molecule has 0 radical (unpaired) electrons. The van der Waals surface area contributed by atoms with Gasteiger partial charge in [-0.15, -0.1) is 0 Å². The summed E-state index contributed by atoms with van der Waals surface area (Å²) in [6.07, 6.45) is 0. The van der Waals surface area contributed by atoms with Crippen LogP contribution in [0.4, 0.5) is 0 Å². The third-order valence-electron chi connectivity index (χ3n) is 9.09. The molecular weight excluding hydrogens is 538 g/mol. The molecule has 1 aliphatic rings. The molecule has 0 saturated heterocycles. The molecule has 0 N–H and O–H groups in total. The van der Waals surface area contributed by atoms with E-state index in [1.165, 1.54) is 27.6 Å². The molecule has 2 heterocycles. The lowest BCUT2D eigenvalue weighted by Crippen LogP contribution is -2.17. The number of fused-ring (bicyclic) bond motifs is 7. The largest absolute Gasteiger partial charge is 0.456 e. The lowest BCUT2D eigenvalue weighted by atomic mass is 9.80. The summed E-state index contributed by atoms with van der Waals surface area (Å²) in [5.74, 6) is 1.94. The Labute approximate surface area is 254 Å². The van der Waals surface area contributed by atoms with Crippen LogP contribution in [-0.2, 0) is 5.41 Å². The Balaban J connectivity index is 1.33. The highest BCUT2D eigenvalue weighted by Gasteiger charge is 2.38. The van der Waals surface area contributed by atoms with Crippen LogP contribution in [-0.4, -0.2) is 15.0 Å². The number of furan rings is 1. The molecule has 0 spiro atoms. The maximum absolute atomic E-state index is 6.40. The van der Waals surface area contributed by atoms with Crippen molar-refractivity contribution in [2.75, 3.05) is 0 Å². The van der Waals surface area contributed by atoms with Gasteiger partial charge in [-0.3, -0.25) is 0 Å². The Bertz CT molecular complexity index is 2420. The highest BCUT2D eigenvalue weighted by molar-refractivity contribution is 6.15. The van der Waals surface area contributed by atoms with Gasteiger partial charge in [0, 0.05) is 32.9 Å². The summed E-state index contributed by atoms with van der Waals surface area (Å²) in [5, 5.41) is 4.38. The Morgan fingerprint density at radius 3 is 1.95 bits per heavy atom. The van der Waals surface area contributed by atoms with Crippen molar-refractivity contribution in [2.45, 2.75) is 19.3 Å². The lowest BCUT2D eigenvalue weighted by Gasteiger charge is -2.24. The maximum atomic E-state index is 6.40. The average molecular weight is 566 g/mol. The van der Waals surface area contributed by atoms with Crippen molar-refractivity contribution < 1.29 is 4.42 Å². The van der Waals surface area contributed by atoms with Crippen LogP contribution in [0.3, 0.4) is 0 Å². The fraction of sp³-hybridized carbons (Fsp3) is 0.0750. The van der Waals surface area contributed by atoms with Crippen LogP contribution in [0.5, 0.6) is 0 Å². The third-order valence-corrected chi connectivity index (χ3v) is 9.09. The summed E-state index contributed by atoms with van der Waals surface area (Å²) in [4.78, 5) is 15.5. The molecule has 0 bridgehead atoms.